The third-order valence-corrected chi connectivity index (χ3v) is 5.59. The van der Waals surface area contributed by atoms with Gasteiger partial charge in [0, 0.05) is 18.1 Å². The van der Waals surface area contributed by atoms with Crippen LogP contribution < -0.4 is 5.32 Å². The molecule has 0 fully saturated rings. The zero-order valence-electron chi connectivity index (χ0n) is 16.8. The molecule has 7 nitrogen and oxygen atoms in total. The van der Waals surface area contributed by atoms with Gasteiger partial charge in [-0.3, -0.25) is 9.36 Å². The number of hydrogen-bond donors (Lipinski definition) is 1. The van der Waals surface area contributed by atoms with Crippen molar-refractivity contribution < 1.29 is 4.79 Å². The molecule has 30 heavy (non-hydrogen) atoms. The van der Waals surface area contributed by atoms with Gasteiger partial charge in [-0.05, 0) is 35.7 Å². The van der Waals surface area contributed by atoms with E-state index in [9.17, 15) is 4.79 Å². The monoisotopic (exact) mass is 418 g/mol. The third kappa shape index (κ3) is 4.44. The Balaban J connectivity index is 1.43. The number of thioether (sulfide) groups is 1. The number of para-hydroxylation sites is 2. The molecule has 2 aromatic heterocycles. The van der Waals surface area contributed by atoms with Gasteiger partial charge in [0.1, 0.15) is 6.33 Å². The van der Waals surface area contributed by atoms with Crippen molar-refractivity contribution in [3.05, 3.63) is 79.1 Å². The molecule has 0 atom stereocenters. The fourth-order valence-corrected chi connectivity index (χ4v) is 3.77. The van der Waals surface area contributed by atoms with Crippen molar-refractivity contribution in [1.82, 2.24) is 24.3 Å². The van der Waals surface area contributed by atoms with Crippen LogP contribution in [0, 0.1) is 0 Å². The van der Waals surface area contributed by atoms with Gasteiger partial charge in [0.05, 0.1) is 23.5 Å². The van der Waals surface area contributed by atoms with Gasteiger partial charge in [-0.1, -0.05) is 49.9 Å². The van der Waals surface area contributed by atoms with Gasteiger partial charge in [0.25, 0.3) is 0 Å². The highest BCUT2D eigenvalue weighted by molar-refractivity contribution is 7.99. The van der Waals surface area contributed by atoms with Crippen molar-refractivity contribution in [2.24, 2.45) is 0 Å². The van der Waals surface area contributed by atoms with Gasteiger partial charge in [-0.25, -0.2) is 4.98 Å². The van der Waals surface area contributed by atoms with Crippen LogP contribution in [0.15, 0.2) is 78.7 Å². The number of carbonyl (C=O) groups excluding carboxylic acids is 1. The summed E-state index contributed by atoms with van der Waals surface area (Å²) in [5.41, 5.74) is 3.84. The third-order valence-electron chi connectivity index (χ3n) is 4.65. The van der Waals surface area contributed by atoms with Crippen molar-refractivity contribution in [3.63, 3.8) is 0 Å². The van der Waals surface area contributed by atoms with Crippen molar-refractivity contribution in [2.75, 3.05) is 11.1 Å². The van der Waals surface area contributed by atoms with E-state index < -0.39 is 0 Å². The number of nitrogens with one attached hydrogen (secondary N) is 1. The molecule has 0 aliphatic rings. The first-order chi connectivity index (χ1) is 14.6. The van der Waals surface area contributed by atoms with Crippen molar-refractivity contribution >= 4 is 23.4 Å². The summed E-state index contributed by atoms with van der Waals surface area (Å²) >= 11 is 1.35. The van der Waals surface area contributed by atoms with Gasteiger partial charge in [0.2, 0.25) is 5.91 Å². The van der Waals surface area contributed by atoms with Crippen molar-refractivity contribution in [3.8, 4) is 11.4 Å². The fraction of sp³-hybridized carbons (Fsp3) is 0.182. The molecule has 1 N–H and O–H groups in total. The second-order valence-electron chi connectivity index (χ2n) is 7.05. The van der Waals surface area contributed by atoms with Crippen LogP contribution in [-0.2, 0) is 4.79 Å². The first kappa shape index (κ1) is 19.9. The van der Waals surface area contributed by atoms with Gasteiger partial charge < -0.3 is 9.88 Å². The van der Waals surface area contributed by atoms with E-state index >= 15 is 0 Å². The van der Waals surface area contributed by atoms with Gasteiger partial charge in [0.15, 0.2) is 5.16 Å². The lowest BCUT2D eigenvalue weighted by Crippen LogP contribution is -2.16. The smallest absolute Gasteiger partial charge is 0.234 e. The lowest BCUT2D eigenvalue weighted by Gasteiger charge is -2.12. The maximum absolute atomic E-state index is 12.6. The number of nitrogens with zero attached hydrogens (tertiary/aromatic N) is 5. The van der Waals surface area contributed by atoms with E-state index in [1.54, 1.807) is 18.9 Å². The van der Waals surface area contributed by atoms with Gasteiger partial charge in [-0.15, -0.1) is 10.2 Å². The highest BCUT2D eigenvalue weighted by atomic mass is 32.2. The minimum absolute atomic E-state index is 0.114. The number of aromatic nitrogens is 5. The molecule has 0 unspecified atom stereocenters. The van der Waals surface area contributed by atoms with Crippen LogP contribution in [0.25, 0.3) is 11.4 Å². The molecule has 0 aliphatic carbocycles. The predicted octanol–water partition coefficient (Wildman–Crippen LogP) is 4.31. The first-order valence-electron chi connectivity index (χ1n) is 9.62. The van der Waals surface area contributed by atoms with E-state index in [1.165, 1.54) is 17.3 Å². The number of imidazole rings is 1. The molecule has 152 valence electrons. The van der Waals surface area contributed by atoms with E-state index in [1.807, 2.05) is 51.7 Å². The lowest BCUT2D eigenvalue weighted by atomic mass is 10.0. The summed E-state index contributed by atoms with van der Waals surface area (Å²) in [7, 11) is 0. The van der Waals surface area contributed by atoms with Crippen LogP contribution in [0.3, 0.4) is 0 Å². The zero-order valence-corrected chi connectivity index (χ0v) is 17.6. The molecule has 8 heteroatoms. The molecular formula is C22H22N6OS. The summed E-state index contributed by atoms with van der Waals surface area (Å²) in [6.07, 6.45) is 6.91. The summed E-state index contributed by atoms with van der Waals surface area (Å²) in [4.78, 5) is 16.7. The van der Waals surface area contributed by atoms with E-state index in [0.29, 0.717) is 11.1 Å². The fourth-order valence-electron chi connectivity index (χ4n) is 3.04. The molecule has 0 saturated carbocycles. The first-order valence-corrected chi connectivity index (χ1v) is 10.6. The van der Waals surface area contributed by atoms with Crippen molar-refractivity contribution in [1.29, 1.82) is 0 Å². The summed E-state index contributed by atoms with van der Waals surface area (Å²) in [5.74, 6) is 0.584. The summed E-state index contributed by atoms with van der Waals surface area (Å²) in [6.45, 7) is 4.33. The quantitative estimate of drug-likeness (QED) is 0.453. The minimum Gasteiger partial charge on any atom is -0.324 e. The molecule has 0 radical (unpaired) electrons. The van der Waals surface area contributed by atoms with E-state index in [4.69, 9.17) is 0 Å². The highest BCUT2D eigenvalue weighted by Crippen LogP contribution is 2.23. The maximum Gasteiger partial charge on any atom is 0.234 e. The Hall–Kier alpha value is -3.39. The van der Waals surface area contributed by atoms with Crippen LogP contribution >= 0.6 is 11.8 Å². The maximum atomic E-state index is 12.6. The molecule has 0 spiro atoms. The topological polar surface area (TPSA) is 77.6 Å². The molecule has 0 saturated heterocycles. The Morgan fingerprint density at radius 1 is 1.10 bits per heavy atom. The second-order valence-corrected chi connectivity index (χ2v) is 8.00. The van der Waals surface area contributed by atoms with Crippen LogP contribution in [0.2, 0.25) is 0 Å². The Morgan fingerprint density at radius 3 is 2.63 bits per heavy atom. The van der Waals surface area contributed by atoms with Crippen molar-refractivity contribution in [2.45, 2.75) is 24.9 Å². The highest BCUT2D eigenvalue weighted by Gasteiger charge is 2.12. The number of carbonyl (C=O) groups is 1. The molecule has 4 rings (SSSR count). The number of anilines is 1. The molecule has 1 amide bonds. The molecule has 0 aliphatic heterocycles. The standard InChI is InChI=1S/C22H22N6OS/c1-16(2)17-7-9-18(10-8-17)28-15-24-26-22(28)30-13-21(29)25-19-5-3-4-6-20(19)27-12-11-23-14-27/h3-12,14-16H,13H2,1-2H3,(H,25,29). The summed E-state index contributed by atoms with van der Waals surface area (Å²) in [5, 5.41) is 11.8. The molecule has 2 heterocycles. The number of amides is 1. The Kier molecular flexibility index (Phi) is 5.94. The van der Waals surface area contributed by atoms with Crippen LogP contribution in [0.1, 0.15) is 25.3 Å². The van der Waals surface area contributed by atoms with Crippen LogP contribution in [-0.4, -0.2) is 36.0 Å². The zero-order chi connectivity index (χ0) is 20.9. The largest absolute Gasteiger partial charge is 0.324 e. The predicted molar refractivity (Wildman–Crippen MR) is 118 cm³/mol. The molecule has 0 bridgehead atoms. The molecule has 2 aromatic carbocycles. The van der Waals surface area contributed by atoms with Crippen LogP contribution in [0.4, 0.5) is 5.69 Å². The molecular weight excluding hydrogens is 396 g/mol. The lowest BCUT2D eigenvalue weighted by molar-refractivity contribution is -0.113. The Bertz CT molecular complexity index is 1120. The number of hydrogen-bond acceptors (Lipinski definition) is 5. The Morgan fingerprint density at radius 2 is 1.90 bits per heavy atom. The van der Waals surface area contributed by atoms with Crippen LogP contribution in [0.5, 0.6) is 0 Å². The normalized spacial score (nSPS) is 11.0. The average molecular weight is 419 g/mol. The minimum atomic E-state index is -0.114. The summed E-state index contributed by atoms with van der Waals surface area (Å²) < 4.78 is 3.75. The number of rotatable bonds is 7. The molecule has 4 aromatic rings. The summed E-state index contributed by atoms with van der Waals surface area (Å²) in [6, 6.07) is 15.9. The van der Waals surface area contributed by atoms with Gasteiger partial charge >= 0.3 is 0 Å². The van der Waals surface area contributed by atoms with E-state index in [-0.39, 0.29) is 11.7 Å². The van der Waals surface area contributed by atoms with E-state index in [2.05, 4.69) is 46.5 Å². The second kappa shape index (κ2) is 8.96. The van der Waals surface area contributed by atoms with E-state index in [0.717, 1.165) is 17.1 Å². The SMILES string of the molecule is CC(C)c1ccc(-n2cnnc2SCC(=O)Nc2ccccc2-n2ccnc2)cc1. The van der Waals surface area contributed by atoms with Gasteiger partial charge in [-0.2, -0.15) is 0 Å². The Labute approximate surface area is 179 Å². The average Bonchev–Trinajstić information content (AvgIpc) is 3.45. The number of benzene rings is 2.